The predicted octanol–water partition coefficient (Wildman–Crippen LogP) is 2.32. The second kappa shape index (κ2) is 6.90. The summed E-state index contributed by atoms with van der Waals surface area (Å²) in [5.41, 5.74) is 0. The third-order valence-corrected chi connectivity index (χ3v) is 5.17. The summed E-state index contributed by atoms with van der Waals surface area (Å²) < 4.78 is 10.8. The smallest absolute Gasteiger partial charge is 0.226 e. The summed E-state index contributed by atoms with van der Waals surface area (Å²) in [4.78, 5) is 14.9. The molecule has 0 aromatic heterocycles. The van der Waals surface area contributed by atoms with Crippen molar-refractivity contribution in [2.75, 3.05) is 26.9 Å². The molecule has 116 valence electrons. The number of amides is 1. The van der Waals surface area contributed by atoms with Crippen molar-refractivity contribution in [3.05, 3.63) is 0 Å². The van der Waals surface area contributed by atoms with E-state index in [0.717, 1.165) is 39.1 Å². The average molecular weight is 283 g/mol. The lowest BCUT2D eigenvalue weighted by Crippen LogP contribution is -2.45. The third-order valence-electron chi connectivity index (χ3n) is 5.17. The topological polar surface area (TPSA) is 38.8 Å². The van der Waals surface area contributed by atoms with Gasteiger partial charge in [0.2, 0.25) is 5.91 Å². The van der Waals surface area contributed by atoms with E-state index in [4.69, 9.17) is 9.47 Å². The van der Waals surface area contributed by atoms with Crippen LogP contribution in [-0.2, 0) is 14.3 Å². The van der Waals surface area contributed by atoms with Gasteiger partial charge in [0.15, 0.2) is 0 Å². The van der Waals surface area contributed by atoms with Gasteiger partial charge >= 0.3 is 0 Å². The molecule has 0 aromatic carbocycles. The van der Waals surface area contributed by atoms with E-state index in [-0.39, 0.29) is 12.0 Å². The number of nitrogens with zero attached hydrogens (tertiary/aromatic N) is 1. The number of likely N-dealkylation sites (tertiary alicyclic amines) is 1. The van der Waals surface area contributed by atoms with Gasteiger partial charge in [0.1, 0.15) is 0 Å². The molecule has 4 nitrogen and oxygen atoms in total. The van der Waals surface area contributed by atoms with Gasteiger partial charge in [-0.3, -0.25) is 4.79 Å². The molecule has 2 aliphatic heterocycles. The van der Waals surface area contributed by atoms with Gasteiger partial charge in [-0.25, -0.2) is 0 Å². The molecule has 20 heavy (non-hydrogen) atoms. The first kappa shape index (κ1) is 15.8. The van der Waals surface area contributed by atoms with Gasteiger partial charge in [0, 0.05) is 37.6 Å². The number of ether oxygens (including phenoxy) is 2. The second-order valence-electron chi connectivity index (χ2n) is 6.55. The molecule has 0 radical (unpaired) electrons. The summed E-state index contributed by atoms with van der Waals surface area (Å²) in [5.74, 6) is 1.23. The number of methoxy groups -OCH3 is 1. The van der Waals surface area contributed by atoms with Gasteiger partial charge in [0.05, 0.1) is 13.2 Å². The van der Waals surface area contributed by atoms with Crippen LogP contribution in [0.1, 0.15) is 40.0 Å². The summed E-state index contributed by atoms with van der Waals surface area (Å²) in [7, 11) is 1.74. The number of carbonyl (C=O) groups excluding carboxylic acids is 1. The minimum Gasteiger partial charge on any atom is -0.384 e. The maximum atomic E-state index is 12.8. The summed E-state index contributed by atoms with van der Waals surface area (Å²) >= 11 is 0. The Labute approximate surface area is 122 Å². The van der Waals surface area contributed by atoms with Gasteiger partial charge < -0.3 is 14.4 Å². The molecule has 1 amide bonds. The average Bonchev–Trinajstić information content (AvgIpc) is 2.73. The molecular weight excluding hydrogens is 254 g/mol. The van der Waals surface area contributed by atoms with Gasteiger partial charge in [-0.05, 0) is 39.0 Å². The monoisotopic (exact) mass is 283 g/mol. The molecule has 0 aliphatic carbocycles. The van der Waals surface area contributed by atoms with Crippen LogP contribution in [0, 0.1) is 17.8 Å². The maximum Gasteiger partial charge on any atom is 0.226 e. The molecule has 2 saturated heterocycles. The van der Waals surface area contributed by atoms with E-state index in [1.807, 2.05) is 0 Å². The highest BCUT2D eigenvalue weighted by Crippen LogP contribution is 2.33. The van der Waals surface area contributed by atoms with Crippen LogP contribution in [-0.4, -0.2) is 49.8 Å². The maximum absolute atomic E-state index is 12.8. The summed E-state index contributed by atoms with van der Waals surface area (Å²) in [6.45, 7) is 8.74. The molecule has 2 heterocycles. The lowest BCUT2D eigenvalue weighted by atomic mass is 9.88. The standard InChI is InChI=1S/C16H29NO3/c1-11-8-15(9-19-4)13(3)17(11)16(18)12(2)14-6-5-7-20-10-14/h11-15H,5-10H2,1-4H3/t11-,12?,13?,14?,15?/m1/s1. The first-order chi connectivity index (χ1) is 9.56. The van der Waals surface area contributed by atoms with Gasteiger partial charge in [-0.2, -0.15) is 0 Å². The van der Waals surface area contributed by atoms with Gasteiger partial charge in [0.25, 0.3) is 0 Å². The molecule has 0 saturated carbocycles. The Balaban J connectivity index is 2.00. The summed E-state index contributed by atoms with van der Waals surface area (Å²) in [6.07, 6.45) is 3.25. The Morgan fingerprint density at radius 2 is 2.20 bits per heavy atom. The lowest BCUT2D eigenvalue weighted by molar-refractivity contribution is -0.141. The zero-order chi connectivity index (χ0) is 14.7. The van der Waals surface area contributed by atoms with Crippen LogP contribution in [0.2, 0.25) is 0 Å². The largest absolute Gasteiger partial charge is 0.384 e. The molecule has 2 fully saturated rings. The van der Waals surface area contributed by atoms with E-state index in [0.29, 0.717) is 23.8 Å². The molecular formula is C16H29NO3. The van der Waals surface area contributed by atoms with E-state index >= 15 is 0 Å². The highest BCUT2D eigenvalue weighted by molar-refractivity contribution is 5.79. The fraction of sp³-hybridized carbons (Fsp3) is 0.938. The van der Waals surface area contributed by atoms with Crippen molar-refractivity contribution in [1.82, 2.24) is 4.90 Å². The van der Waals surface area contributed by atoms with Crippen molar-refractivity contribution in [3.63, 3.8) is 0 Å². The van der Waals surface area contributed by atoms with E-state index in [1.165, 1.54) is 0 Å². The molecule has 2 aliphatic rings. The fourth-order valence-corrected chi connectivity index (χ4v) is 3.81. The van der Waals surface area contributed by atoms with E-state index < -0.39 is 0 Å². The first-order valence-corrected chi connectivity index (χ1v) is 7.95. The Morgan fingerprint density at radius 1 is 1.45 bits per heavy atom. The molecule has 5 atom stereocenters. The molecule has 0 N–H and O–H groups in total. The Bertz CT molecular complexity index is 328. The van der Waals surface area contributed by atoms with E-state index in [2.05, 4.69) is 25.7 Å². The summed E-state index contributed by atoms with van der Waals surface area (Å²) in [5, 5.41) is 0. The minimum atomic E-state index is 0.0708. The quantitative estimate of drug-likeness (QED) is 0.795. The number of hydrogen-bond acceptors (Lipinski definition) is 3. The van der Waals surface area contributed by atoms with Crippen LogP contribution in [0.3, 0.4) is 0 Å². The van der Waals surface area contributed by atoms with Gasteiger partial charge in [-0.1, -0.05) is 6.92 Å². The molecule has 4 heteroatoms. The second-order valence-corrected chi connectivity index (χ2v) is 6.55. The Morgan fingerprint density at radius 3 is 2.80 bits per heavy atom. The molecule has 0 spiro atoms. The predicted molar refractivity (Wildman–Crippen MR) is 78.5 cm³/mol. The van der Waals surface area contributed by atoms with Crippen molar-refractivity contribution >= 4 is 5.91 Å². The third kappa shape index (κ3) is 3.17. The van der Waals surface area contributed by atoms with Crippen LogP contribution in [0.15, 0.2) is 0 Å². The molecule has 4 unspecified atom stereocenters. The summed E-state index contributed by atoms with van der Waals surface area (Å²) in [6, 6.07) is 0.606. The van der Waals surface area contributed by atoms with Crippen molar-refractivity contribution < 1.29 is 14.3 Å². The zero-order valence-electron chi connectivity index (χ0n) is 13.3. The molecule has 0 bridgehead atoms. The van der Waals surface area contributed by atoms with Crippen LogP contribution >= 0.6 is 0 Å². The lowest BCUT2D eigenvalue weighted by Gasteiger charge is -2.34. The fourth-order valence-electron chi connectivity index (χ4n) is 3.81. The Kier molecular flexibility index (Phi) is 5.44. The van der Waals surface area contributed by atoms with E-state index in [1.54, 1.807) is 7.11 Å². The van der Waals surface area contributed by atoms with Crippen LogP contribution in [0.5, 0.6) is 0 Å². The number of carbonyl (C=O) groups is 1. The number of rotatable bonds is 4. The highest BCUT2D eigenvalue weighted by Gasteiger charge is 2.41. The first-order valence-electron chi connectivity index (χ1n) is 7.95. The molecule has 2 rings (SSSR count). The molecule has 0 aromatic rings. The van der Waals surface area contributed by atoms with Crippen molar-refractivity contribution in [2.24, 2.45) is 17.8 Å². The SMILES string of the molecule is COCC1C[C@@H](C)N(C(=O)C(C)C2CCCOC2)C1C. The van der Waals surface area contributed by atoms with Crippen molar-refractivity contribution in [1.29, 1.82) is 0 Å². The van der Waals surface area contributed by atoms with Crippen molar-refractivity contribution in [3.8, 4) is 0 Å². The van der Waals surface area contributed by atoms with Crippen LogP contribution < -0.4 is 0 Å². The number of hydrogen-bond donors (Lipinski definition) is 0. The highest BCUT2D eigenvalue weighted by atomic mass is 16.5. The van der Waals surface area contributed by atoms with E-state index in [9.17, 15) is 4.79 Å². The van der Waals surface area contributed by atoms with Crippen molar-refractivity contribution in [2.45, 2.75) is 52.1 Å². The van der Waals surface area contributed by atoms with Crippen LogP contribution in [0.4, 0.5) is 0 Å². The minimum absolute atomic E-state index is 0.0708. The Hall–Kier alpha value is -0.610. The zero-order valence-corrected chi connectivity index (χ0v) is 13.3. The van der Waals surface area contributed by atoms with Gasteiger partial charge in [-0.15, -0.1) is 0 Å². The van der Waals surface area contributed by atoms with Crippen LogP contribution in [0.25, 0.3) is 0 Å². The normalized spacial score (nSPS) is 36.1.